The maximum atomic E-state index is 11.5. The van der Waals surface area contributed by atoms with Crippen LogP contribution in [0.4, 0.5) is 0 Å². The van der Waals surface area contributed by atoms with Gasteiger partial charge in [-0.1, -0.05) is 23.3 Å². The molecule has 3 heteroatoms. The van der Waals surface area contributed by atoms with E-state index in [0.29, 0.717) is 12.0 Å². The van der Waals surface area contributed by atoms with Crippen LogP contribution in [0.3, 0.4) is 0 Å². The van der Waals surface area contributed by atoms with Crippen molar-refractivity contribution in [1.82, 2.24) is 0 Å². The predicted octanol–water partition coefficient (Wildman–Crippen LogP) is 5.04. The minimum Gasteiger partial charge on any atom is -0.496 e. The first-order valence-electron chi connectivity index (χ1n) is 7.90. The van der Waals surface area contributed by atoms with Crippen molar-refractivity contribution in [1.29, 1.82) is 0 Å². The molecule has 3 nitrogen and oxygen atoms in total. The van der Waals surface area contributed by atoms with Gasteiger partial charge in [0.1, 0.15) is 11.3 Å². The molecule has 0 amide bonds. The standard InChI is InChI=1S/C20H24O3/c1-14(2)6-5-7-15(3)8-11-17-18(22-4)12-9-16-10-13-19(21)23-20(16)17/h6,8-10,12-13H,5,7,11H2,1-4H3. The zero-order valence-corrected chi connectivity index (χ0v) is 14.3. The van der Waals surface area contributed by atoms with Crippen molar-refractivity contribution in [2.75, 3.05) is 7.11 Å². The number of benzene rings is 1. The van der Waals surface area contributed by atoms with Crippen LogP contribution in [0.15, 0.2) is 56.8 Å². The second kappa shape index (κ2) is 7.82. The van der Waals surface area contributed by atoms with Crippen molar-refractivity contribution >= 4 is 11.0 Å². The van der Waals surface area contributed by atoms with Crippen molar-refractivity contribution in [3.8, 4) is 5.75 Å². The molecule has 0 aliphatic rings. The largest absolute Gasteiger partial charge is 0.496 e. The Hall–Kier alpha value is -2.29. The Kier molecular flexibility index (Phi) is 5.80. The number of ether oxygens (including phenoxy) is 1. The first kappa shape index (κ1) is 17.1. The van der Waals surface area contributed by atoms with Crippen molar-refractivity contribution in [3.05, 3.63) is 63.5 Å². The highest BCUT2D eigenvalue weighted by molar-refractivity contribution is 5.82. The Morgan fingerprint density at radius 2 is 1.87 bits per heavy atom. The summed E-state index contributed by atoms with van der Waals surface area (Å²) in [4.78, 5) is 11.5. The molecule has 2 aromatic rings. The highest BCUT2D eigenvalue weighted by Gasteiger charge is 2.10. The summed E-state index contributed by atoms with van der Waals surface area (Å²) in [6.07, 6.45) is 7.20. The third kappa shape index (κ3) is 4.59. The molecule has 122 valence electrons. The molecule has 23 heavy (non-hydrogen) atoms. The van der Waals surface area contributed by atoms with Gasteiger partial charge >= 0.3 is 5.63 Å². The number of fused-ring (bicyclic) bond motifs is 1. The van der Waals surface area contributed by atoms with Crippen LogP contribution in [0.25, 0.3) is 11.0 Å². The van der Waals surface area contributed by atoms with E-state index in [0.717, 1.165) is 29.5 Å². The van der Waals surface area contributed by atoms with Gasteiger partial charge in [0.15, 0.2) is 0 Å². The summed E-state index contributed by atoms with van der Waals surface area (Å²) in [5.41, 5.74) is 3.86. The Balaban J connectivity index is 2.29. The molecule has 0 aliphatic heterocycles. The quantitative estimate of drug-likeness (QED) is 0.554. The molecule has 0 atom stereocenters. The van der Waals surface area contributed by atoms with Gasteiger partial charge in [-0.05, 0) is 58.2 Å². The van der Waals surface area contributed by atoms with Crippen molar-refractivity contribution in [2.45, 2.75) is 40.0 Å². The normalized spacial score (nSPS) is 11.6. The van der Waals surface area contributed by atoms with Crippen molar-refractivity contribution in [2.24, 2.45) is 0 Å². The Labute approximate surface area is 137 Å². The second-order valence-corrected chi connectivity index (χ2v) is 5.99. The van der Waals surface area contributed by atoms with E-state index in [4.69, 9.17) is 9.15 Å². The molecule has 1 aromatic carbocycles. The molecule has 0 aliphatic carbocycles. The van der Waals surface area contributed by atoms with Crippen LogP contribution in [-0.2, 0) is 6.42 Å². The van der Waals surface area contributed by atoms with E-state index in [1.54, 1.807) is 13.2 Å². The summed E-state index contributed by atoms with van der Waals surface area (Å²) in [6.45, 7) is 6.36. The minimum atomic E-state index is -0.337. The molecule has 0 saturated carbocycles. The van der Waals surface area contributed by atoms with Crippen LogP contribution in [0.5, 0.6) is 5.75 Å². The summed E-state index contributed by atoms with van der Waals surface area (Å²) >= 11 is 0. The van der Waals surface area contributed by atoms with E-state index in [-0.39, 0.29) is 5.63 Å². The summed E-state index contributed by atoms with van der Waals surface area (Å²) in [5.74, 6) is 0.750. The summed E-state index contributed by atoms with van der Waals surface area (Å²) in [7, 11) is 1.64. The average molecular weight is 312 g/mol. The van der Waals surface area contributed by atoms with E-state index in [1.165, 1.54) is 17.2 Å². The Morgan fingerprint density at radius 3 is 2.57 bits per heavy atom. The smallest absolute Gasteiger partial charge is 0.336 e. The van der Waals surface area contributed by atoms with Crippen LogP contribution in [0, 0.1) is 0 Å². The van der Waals surface area contributed by atoms with E-state index in [1.807, 2.05) is 12.1 Å². The van der Waals surface area contributed by atoms with E-state index in [9.17, 15) is 4.79 Å². The van der Waals surface area contributed by atoms with Gasteiger partial charge in [-0.15, -0.1) is 0 Å². The van der Waals surface area contributed by atoms with Gasteiger partial charge in [0, 0.05) is 17.0 Å². The third-order valence-corrected chi connectivity index (χ3v) is 3.82. The summed E-state index contributed by atoms with van der Waals surface area (Å²) in [5, 5.41) is 0.913. The maximum Gasteiger partial charge on any atom is 0.336 e. The van der Waals surface area contributed by atoms with E-state index < -0.39 is 0 Å². The molecule has 0 fully saturated rings. The SMILES string of the molecule is COc1ccc2ccc(=O)oc2c1CC=C(C)CCC=C(C)C. The van der Waals surface area contributed by atoms with Gasteiger partial charge in [0.25, 0.3) is 0 Å². The van der Waals surface area contributed by atoms with Crippen molar-refractivity contribution in [3.63, 3.8) is 0 Å². The number of rotatable bonds is 6. The topological polar surface area (TPSA) is 39.4 Å². The first-order chi connectivity index (χ1) is 11.0. The minimum absolute atomic E-state index is 0.337. The maximum absolute atomic E-state index is 11.5. The third-order valence-electron chi connectivity index (χ3n) is 3.82. The fourth-order valence-corrected chi connectivity index (χ4v) is 2.52. The van der Waals surface area contributed by atoms with Gasteiger partial charge in [-0.3, -0.25) is 0 Å². The van der Waals surface area contributed by atoms with Gasteiger partial charge in [-0.25, -0.2) is 4.79 Å². The fourth-order valence-electron chi connectivity index (χ4n) is 2.52. The van der Waals surface area contributed by atoms with Crippen LogP contribution in [-0.4, -0.2) is 7.11 Å². The molecule has 0 bridgehead atoms. The van der Waals surface area contributed by atoms with Crippen LogP contribution in [0.2, 0.25) is 0 Å². The number of allylic oxidation sites excluding steroid dienone is 4. The lowest BCUT2D eigenvalue weighted by Crippen LogP contribution is -1.99. The lowest BCUT2D eigenvalue weighted by molar-refractivity contribution is 0.409. The number of hydrogen-bond acceptors (Lipinski definition) is 3. The lowest BCUT2D eigenvalue weighted by atomic mass is 10.0. The highest BCUT2D eigenvalue weighted by Crippen LogP contribution is 2.28. The Morgan fingerprint density at radius 1 is 1.13 bits per heavy atom. The molecule has 0 saturated heterocycles. The zero-order chi connectivity index (χ0) is 16.8. The predicted molar refractivity (Wildman–Crippen MR) is 95.2 cm³/mol. The molecule has 0 spiro atoms. The monoisotopic (exact) mass is 312 g/mol. The molecule has 0 unspecified atom stereocenters. The number of methoxy groups -OCH3 is 1. The summed E-state index contributed by atoms with van der Waals surface area (Å²) < 4.78 is 10.8. The van der Waals surface area contributed by atoms with Crippen LogP contribution < -0.4 is 10.4 Å². The molecule has 0 N–H and O–H groups in total. The van der Waals surface area contributed by atoms with Gasteiger partial charge in [0.05, 0.1) is 7.11 Å². The van der Waals surface area contributed by atoms with Gasteiger partial charge < -0.3 is 9.15 Å². The molecule has 0 radical (unpaired) electrons. The lowest BCUT2D eigenvalue weighted by Gasteiger charge is -2.09. The molecular weight excluding hydrogens is 288 g/mol. The second-order valence-electron chi connectivity index (χ2n) is 5.99. The summed E-state index contributed by atoms with van der Waals surface area (Å²) in [6, 6.07) is 7.06. The van der Waals surface area contributed by atoms with Gasteiger partial charge in [-0.2, -0.15) is 0 Å². The molecular formula is C20H24O3. The molecule has 2 rings (SSSR count). The first-order valence-corrected chi connectivity index (χ1v) is 7.90. The molecule has 1 heterocycles. The van der Waals surface area contributed by atoms with Crippen molar-refractivity contribution < 1.29 is 9.15 Å². The average Bonchev–Trinajstić information content (AvgIpc) is 2.52. The van der Waals surface area contributed by atoms with E-state index in [2.05, 4.69) is 32.9 Å². The fraction of sp³-hybridized carbons (Fsp3) is 0.350. The Bertz CT molecular complexity index is 790. The van der Waals surface area contributed by atoms with Crippen LogP contribution >= 0.6 is 0 Å². The van der Waals surface area contributed by atoms with Crippen LogP contribution in [0.1, 0.15) is 39.2 Å². The van der Waals surface area contributed by atoms with Gasteiger partial charge in [0.2, 0.25) is 0 Å². The van der Waals surface area contributed by atoms with E-state index >= 15 is 0 Å². The zero-order valence-electron chi connectivity index (χ0n) is 14.3. The highest BCUT2D eigenvalue weighted by atomic mass is 16.5. The molecule has 1 aromatic heterocycles. The number of hydrogen-bond donors (Lipinski definition) is 0.